The summed E-state index contributed by atoms with van der Waals surface area (Å²) in [6, 6.07) is 0. The Hall–Kier alpha value is -4.19. The van der Waals surface area contributed by atoms with Crippen LogP contribution in [-0.4, -0.2) is 37.2 Å². The van der Waals surface area contributed by atoms with Crippen molar-refractivity contribution in [1.82, 2.24) is 0 Å². The summed E-state index contributed by atoms with van der Waals surface area (Å²) in [5.74, 6) is -0.947. The van der Waals surface area contributed by atoms with Gasteiger partial charge in [-0.25, -0.2) is 0 Å². The first kappa shape index (κ1) is 62.8. The molecule has 0 saturated carbocycles. The lowest BCUT2D eigenvalue weighted by molar-refractivity contribution is -0.167. The van der Waals surface area contributed by atoms with E-state index in [2.05, 4.69) is 142 Å². The van der Waals surface area contributed by atoms with Crippen molar-refractivity contribution in [3.8, 4) is 0 Å². The maximum absolute atomic E-state index is 12.8. The van der Waals surface area contributed by atoms with E-state index in [1.165, 1.54) is 38.5 Å². The number of carbonyl (C=O) groups excluding carboxylic acids is 3. The maximum atomic E-state index is 12.8. The van der Waals surface area contributed by atoms with Crippen LogP contribution in [0.15, 0.2) is 122 Å². The van der Waals surface area contributed by atoms with Gasteiger partial charge in [-0.05, 0) is 109 Å². The third-order valence-corrected chi connectivity index (χ3v) is 11.0. The van der Waals surface area contributed by atoms with Gasteiger partial charge in [-0.1, -0.05) is 219 Å². The highest BCUT2D eigenvalue weighted by atomic mass is 16.6. The lowest BCUT2D eigenvalue weighted by Crippen LogP contribution is -2.30. The molecule has 6 heteroatoms. The van der Waals surface area contributed by atoms with Gasteiger partial charge in [0, 0.05) is 19.3 Å². The average Bonchev–Trinajstić information content (AvgIpc) is 3.33. The molecule has 0 aromatic heterocycles. The minimum atomic E-state index is -0.797. The zero-order valence-corrected chi connectivity index (χ0v) is 43.1. The van der Waals surface area contributed by atoms with Crippen LogP contribution in [0.3, 0.4) is 0 Å². The highest BCUT2D eigenvalue weighted by Crippen LogP contribution is 2.13. The Morgan fingerprint density at radius 2 is 0.582 bits per heavy atom. The summed E-state index contributed by atoms with van der Waals surface area (Å²) in [7, 11) is 0. The average molecular weight is 927 g/mol. The number of esters is 3. The lowest BCUT2D eigenvalue weighted by atomic mass is 10.1. The third-order valence-electron chi connectivity index (χ3n) is 11.0. The first-order valence-electron chi connectivity index (χ1n) is 27.0. The van der Waals surface area contributed by atoms with Gasteiger partial charge in [-0.3, -0.25) is 14.4 Å². The fourth-order valence-electron chi connectivity index (χ4n) is 6.96. The molecule has 0 fully saturated rings. The van der Waals surface area contributed by atoms with E-state index in [1.54, 1.807) is 0 Å². The molecule has 0 bridgehead atoms. The van der Waals surface area contributed by atoms with E-state index < -0.39 is 6.10 Å². The summed E-state index contributed by atoms with van der Waals surface area (Å²) >= 11 is 0. The molecule has 0 aromatic rings. The first-order chi connectivity index (χ1) is 33.0. The smallest absolute Gasteiger partial charge is 0.306 e. The van der Waals surface area contributed by atoms with E-state index in [9.17, 15) is 14.4 Å². The molecule has 0 amide bonds. The van der Waals surface area contributed by atoms with Crippen molar-refractivity contribution < 1.29 is 28.6 Å². The van der Waals surface area contributed by atoms with E-state index in [-0.39, 0.29) is 31.1 Å². The fourth-order valence-corrected chi connectivity index (χ4v) is 6.96. The van der Waals surface area contributed by atoms with Gasteiger partial charge in [0.1, 0.15) is 13.2 Å². The van der Waals surface area contributed by atoms with Crippen LogP contribution in [-0.2, 0) is 28.6 Å². The number of carbonyl (C=O) groups is 3. The molecule has 0 radical (unpaired) electrons. The second-order valence-electron chi connectivity index (χ2n) is 17.4. The predicted molar refractivity (Wildman–Crippen MR) is 288 cm³/mol. The molecule has 0 saturated heterocycles. The molecule has 378 valence electrons. The van der Waals surface area contributed by atoms with Crippen molar-refractivity contribution in [2.75, 3.05) is 13.2 Å². The summed E-state index contributed by atoms with van der Waals surface area (Å²) in [5.41, 5.74) is 0. The number of unbranched alkanes of at least 4 members (excludes halogenated alkanes) is 16. The molecular formula is C61H98O6. The van der Waals surface area contributed by atoms with Gasteiger partial charge in [-0.2, -0.15) is 0 Å². The Morgan fingerprint density at radius 1 is 0.313 bits per heavy atom. The summed E-state index contributed by atoms with van der Waals surface area (Å²) in [4.78, 5) is 37.9. The number of hydrogen-bond acceptors (Lipinski definition) is 6. The highest BCUT2D eigenvalue weighted by Gasteiger charge is 2.19. The van der Waals surface area contributed by atoms with Gasteiger partial charge in [-0.15, -0.1) is 0 Å². The predicted octanol–water partition coefficient (Wildman–Crippen LogP) is 18.1. The molecule has 0 heterocycles. The van der Waals surface area contributed by atoms with Crippen LogP contribution in [0.4, 0.5) is 0 Å². The molecule has 0 rings (SSSR count). The fraction of sp³-hybridized carbons (Fsp3) is 0.623. The molecule has 1 atom stereocenters. The lowest BCUT2D eigenvalue weighted by Gasteiger charge is -2.18. The Labute approximate surface area is 412 Å². The zero-order valence-electron chi connectivity index (χ0n) is 43.1. The molecule has 0 aromatic carbocycles. The summed E-state index contributed by atoms with van der Waals surface area (Å²) in [6.07, 6.45) is 74.8. The molecule has 0 spiro atoms. The second kappa shape index (κ2) is 54.4. The number of hydrogen-bond donors (Lipinski definition) is 0. The summed E-state index contributed by atoms with van der Waals surface area (Å²) in [6.45, 7) is 6.32. The summed E-state index contributed by atoms with van der Waals surface area (Å²) < 4.78 is 16.7. The van der Waals surface area contributed by atoms with Crippen molar-refractivity contribution in [3.05, 3.63) is 122 Å². The second-order valence-corrected chi connectivity index (χ2v) is 17.4. The van der Waals surface area contributed by atoms with Crippen molar-refractivity contribution in [2.45, 2.75) is 232 Å². The van der Waals surface area contributed by atoms with Gasteiger partial charge in [0.2, 0.25) is 0 Å². The van der Waals surface area contributed by atoms with Crippen LogP contribution >= 0.6 is 0 Å². The van der Waals surface area contributed by atoms with E-state index in [4.69, 9.17) is 14.2 Å². The van der Waals surface area contributed by atoms with E-state index in [0.29, 0.717) is 19.3 Å². The Morgan fingerprint density at radius 3 is 0.910 bits per heavy atom. The van der Waals surface area contributed by atoms with Gasteiger partial charge in [0.25, 0.3) is 0 Å². The minimum absolute atomic E-state index is 0.0950. The molecular weight excluding hydrogens is 829 g/mol. The quantitative estimate of drug-likeness (QED) is 0.0262. The zero-order chi connectivity index (χ0) is 48.6. The van der Waals surface area contributed by atoms with E-state index in [1.807, 2.05) is 0 Å². The molecule has 67 heavy (non-hydrogen) atoms. The van der Waals surface area contributed by atoms with Gasteiger partial charge >= 0.3 is 17.9 Å². The number of rotatable bonds is 47. The standard InChI is InChI=1S/C61H98O6/c1-4-7-10-13-16-18-20-22-24-26-28-29-30-31-33-34-36-38-40-42-45-48-51-54-60(63)66-57-58(56-65-59(62)53-50-47-44-15-12-9-6-3)67-61(64)55-52-49-46-43-41-39-37-35-32-27-25-23-21-19-17-14-11-8-5-2/h7-8,10-11,16-19,22-25,28-29,31-33,35-36,38,58H,4-6,9,12-15,20-21,26-27,30,34,37,39-57H2,1-3H3/b10-7-,11-8-,18-16-,19-17-,24-22-,25-23-,29-28-,33-31-,35-32-,38-36-. The van der Waals surface area contributed by atoms with E-state index in [0.717, 1.165) is 148 Å². The normalized spacial score (nSPS) is 13.1. The molecule has 0 aliphatic heterocycles. The molecule has 0 aliphatic rings. The maximum Gasteiger partial charge on any atom is 0.306 e. The van der Waals surface area contributed by atoms with Crippen molar-refractivity contribution in [1.29, 1.82) is 0 Å². The van der Waals surface area contributed by atoms with Crippen LogP contribution < -0.4 is 0 Å². The SMILES string of the molecule is CC/C=C\C/C=C\C/C=C\C/C=C\C/C=C\C/C=C\CCCCCCC(=O)OCC(COC(=O)CCCCCCCCC)OC(=O)CCCCCCCC/C=C\C/C=C\C/C=C\C/C=C\CC. The minimum Gasteiger partial charge on any atom is -0.462 e. The molecule has 6 nitrogen and oxygen atoms in total. The Kier molecular flexibility index (Phi) is 51.0. The third kappa shape index (κ3) is 52.6. The van der Waals surface area contributed by atoms with Gasteiger partial charge < -0.3 is 14.2 Å². The summed E-state index contributed by atoms with van der Waals surface area (Å²) in [5, 5.41) is 0. The van der Waals surface area contributed by atoms with Crippen LogP contribution in [0, 0.1) is 0 Å². The molecule has 0 aliphatic carbocycles. The van der Waals surface area contributed by atoms with Crippen molar-refractivity contribution in [2.24, 2.45) is 0 Å². The topological polar surface area (TPSA) is 78.9 Å². The van der Waals surface area contributed by atoms with Gasteiger partial charge in [0.05, 0.1) is 0 Å². The monoisotopic (exact) mass is 927 g/mol. The number of allylic oxidation sites excluding steroid dienone is 20. The van der Waals surface area contributed by atoms with Crippen LogP contribution in [0.1, 0.15) is 226 Å². The number of ether oxygens (including phenoxy) is 3. The van der Waals surface area contributed by atoms with Crippen LogP contribution in [0.2, 0.25) is 0 Å². The first-order valence-corrected chi connectivity index (χ1v) is 27.0. The molecule has 1 unspecified atom stereocenters. The van der Waals surface area contributed by atoms with Gasteiger partial charge in [0.15, 0.2) is 6.10 Å². The largest absolute Gasteiger partial charge is 0.462 e. The van der Waals surface area contributed by atoms with Crippen LogP contribution in [0.5, 0.6) is 0 Å². The van der Waals surface area contributed by atoms with Crippen molar-refractivity contribution in [3.63, 3.8) is 0 Å². The van der Waals surface area contributed by atoms with Crippen LogP contribution in [0.25, 0.3) is 0 Å². The Bertz CT molecular complexity index is 1440. The molecule has 0 N–H and O–H groups in total. The highest BCUT2D eigenvalue weighted by molar-refractivity contribution is 5.71. The van der Waals surface area contributed by atoms with E-state index >= 15 is 0 Å². The van der Waals surface area contributed by atoms with Crippen molar-refractivity contribution >= 4 is 17.9 Å². The Balaban J connectivity index is 4.34.